The van der Waals surface area contributed by atoms with Crippen LogP contribution >= 0.6 is 11.6 Å². The molecule has 3 rings (SSSR count). The van der Waals surface area contributed by atoms with Crippen LogP contribution in [0.15, 0.2) is 54.6 Å². The Morgan fingerprint density at radius 1 is 0.840 bits per heavy atom. The fraction of sp³-hybridized carbons (Fsp3) is 0.300. The first kappa shape index (κ1) is 17.5. The summed E-state index contributed by atoms with van der Waals surface area (Å²) in [4.78, 5) is 24.6. The van der Waals surface area contributed by atoms with Crippen LogP contribution in [0.25, 0.3) is 0 Å². The summed E-state index contributed by atoms with van der Waals surface area (Å²) in [5.74, 6) is -0.185. The molecule has 0 spiro atoms. The molecule has 1 fully saturated rings. The van der Waals surface area contributed by atoms with Crippen LogP contribution in [0.5, 0.6) is 0 Å². The van der Waals surface area contributed by atoms with Gasteiger partial charge in [0.15, 0.2) is 0 Å². The maximum Gasteiger partial charge on any atom is 0.251 e. The summed E-state index contributed by atoms with van der Waals surface area (Å²) < 4.78 is 0. The second kappa shape index (κ2) is 8.17. The molecule has 2 atom stereocenters. The van der Waals surface area contributed by atoms with Gasteiger partial charge in [-0.05, 0) is 56.0 Å². The minimum atomic E-state index is -0.123. The smallest absolute Gasteiger partial charge is 0.251 e. The molecule has 1 saturated carbocycles. The third-order valence-electron chi connectivity index (χ3n) is 4.47. The highest BCUT2D eigenvalue weighted by atomic mass is 35.5. The first-order valence-corrected chi connectivity index (χ1v) is 8.92. The molecule has 2 N–H and O–H groups in total. The zero-order valence-corrected chi connectivity index (χ0v) is 14.6. The highest BCUT2D eigenvalue weighted by molar-refractivity contribution is 6.30. The van der Waals surface area contributed by atoms with Crippen LogP contribution in [0.1, 0.15) is 46.4 Å². The van der Waals surface area contributed by atoms with Crippen LogP contribution < -0.4 is 10.6 Å². The monoisotopic (exact) mass is 356 g/mol. The van der Waals surface area contributed by atoms with Gasteiger partial charge in [0.05, 0.1) is 0 Å². The van der Waals surface area contributed by atoms with E-state index >= 15 is 0 Å². The first-order chi connectivity index (χ1) is 12.1. The normalized spacial score (nSPS) is 19.9. The van der Waals surface area contributed by atoms with Gasteiger partial charge in [0.2, 0.25) is 0 Å². The number of rotatable bonds is 4. The Labute approximate surface area is 152 Å². The molecule has 0 saturated heterocycles. The second-order valence-corrected chi connectivity index (χ2v) is 6.82. The lowest BCUT2D eigenvalue weighted by Gasteiger charge is -2.30. The van der Waals surface area contributed by atoms with Crippen LogP contribution in [-0.2, 0) is 0 Å². The van der Waals surface area contributed by atoms with E-state index in [1.165, 1.54) is 0 Å². The zero-order chi connectivity index (χ0) is 17.6. The minimum absolute atomic E-state index is 0.0568. The topological polar surface area (TPSA) is 58.2 Å². The molecule has 130 valence electrons. The summed E-state index contributed by atoms with van der Waals surface area (Å²) in [6.07, 6.45) is 3.57. The molecule has 0 bridgehead atoms. The van der Waals surface area contributed by atoms with Crippen LogP contribution in [0.2, 0.25) is 5.02 Å². The number of nitrogens with one attached hydrogen (secondary N) is 2. The second-order valence-electron chi connectivity index (χ2n) is 6.38. The van der Waals surface area contributed by atoms with Crippen LogP contribution in [0.4, 0.5) is 0 Å². The Morgan fingerprint density at radius 2 is 1.44 bits per heavy atom. The Morgan fingerprint density at radius 3 is 2.08 bits per heavy atom. The fourth-order valence-electron chi connectivity index (χ4n) is 3.21. The highest BCUT2D eigenvalue weighted by Crippen LogP contribution is 2.20. The van der Waals surface area contributed by atoms with Gasteiger partial charge in [-0.15, -0.1) is 0 Å². The molecule has 0 aliphatic heterocycles. The van der Waals surface area contributed by atoms with Crippen LogP contribution in [0, 0.1) is 0 Å². The quantitative estimate of drug-likeness (QED) is 0.875. The predicted octanol–water partition coefficient (Wildman–Crippen LogP) is 3.81. The van der Waals surface area contributed by atoms with E-state index in [1.54, 1.807) is 36.4 Å². The summed E-state index contributed by atoms with van der Waals surface area (Å²) >= 11 is 5.94. The summed E-state index contributed by atoms with van der Waals surface area (Å²) in [6.45, 7) is 0. The average Bonchev–Trinajstić information content (AvgIpc) is 2.63. The lowest BCUT2D eigenvalue weighted by molar-refractivity contribution is 0.0903. The molecule has 0 aromatic heterocycles. The highest BCUT2D eigenvalue weighted by Gasteiger charge is 2.25. The predicted molar refractivity (Wildman–Crippen MR) is 98.9 cm³/mol. The molecular formula is C20H21ClN2O2. The summed E-state index contributed by atoms with van der Waals surface area (Å²) in [7, 11) is 0. The molecule has 2 amide bonds. The number of halogens is 1. The van der Waals surface area contributed by atoms with Gasteiger partial charge in [-0.1, -0.05) is 35.9 Å². The van der Waals surface area contributed by atoms with Gasteiger partial charge in [0, 0.05) is 28.2 Å². The van der Waals surface area contributed by atoms with E-state index in [2.05, 4.69) is 10.6 Å². The summed E-state index contributed by atoms with van der Waals surface area (Å²) in [5.41, 5.74) is 1.22. The maximum atomic E-state index is 12.4. The van der Waals surface area contributed by atoms with Crippen molar-refractivity contribution in [3.05, 3.63) is 70.7 Å². The van der Waals surface area contributed by atoms with Crippen molar-refractivity contribution in [2.45, 2.75) is 37.8 Å². The lowest BCUT2D eigenvalue weighted by atomic mass is 9.90. The van der Waals surface area contributed by atoms with Gasteiger partial charge in [-0.25, -0.2) is 0 Å². The number of amides is 2. The third kappa shape index (κ3) is 4.83. The fourth-order valence-corrected chi connectivity index (χ4v) is 3.40. The molecule has 0 radical (unpaired) electrons. The number of hydrogen-bond acceptors (Lipinski definition) is 2. The van der Waals surface area contributed by atoms with Crippen molar-refractivity contribution >= 4 is 23.4 Å². The van der Waals surface area contributed by atoms with Crippen LogP contribution in [-0.4, -0.2) is 23.9 Å². The molecule has 2 aromatic carbocycles. The van der Waals surface area contributed by atoms with E-state index < -0.39 is 0 Å². The van der Waals surface area contributed by atoms with Crippen molar-refractivity contribution in [2.24, 2.45) is 0 Å². The molecule has 2 aromatic rings. The third-order valence-corrected chi connectivity index (χ3v) is 4.70. The van der Waals surface area contributed by atoms with E-state index in [9.17, 15) is 9.59 Å². The molecule has 0 unspecified atom stereocenters. The van der Waals surface area contributed by atoms with E-state index in [1.807, 2.05) is 18.2 Å². The summed E-state index contributed by atoms with van der Waals surface area (Å²) in [5, 5.41) is 6.68. The molecular weight excluding hydrogens is 336 g/mol. The number of benzene rings is 2. The lowest BCUT2D eigenvalue weighted by Crippen LogP contribution is -2.45. The molecule has 1 aliphatic carbocycles. The minimum Gasteiger partial charge on any atom is -0.349 e. The van der Waals surface area contributed by atoms with Crippen molar-refractivity contribution in [1.82, 2.24) is 10.6 Å². The molecule has 25 heavy (non-hydrogen) atoms. The van der Waals surface area contributed by atoms with Gasteiger partial charge in [-0.3, -0.25) is 9.59 Å². The van der Waals surface area contributed by atoms with Gasteiger partial charge in [0.1, 0.15) is 0 Å². The first-order valence-electron chi connectivity index (χ1n) is 8.54. The summed E-state index contributed by atoms with van der Waals surface area (Å²) in [6, 6.07) is 16.2. The molecule has 5 heteroatoms. The maximum absolute atomic E-state index is 12.4. The number of carbonyl (C=O) groups is 2. The molecule has 4 nitrogen and oxygen atoms in total. The largest absolute Gasteiger partial charge is 0.349 e. The van der Waals surface area contributed by atoms with Crippen molar-refractivity contribution in [1.29, 1.82) is 0 Å². The SMILES string of the molecule is O=C(N[C@@H]1CCC[C@@H](NC(=O)c2cccc(Cl)c2)C1)c1ccccc1. The Kier molecular flexibility index (Phi) is 5.71. The van der Waals surface area contributed by atoms with Crippen LogP contribution in [0.3, 0.4) is 0 Å². The molecule has 0 heterocycles. The van der Waals surface area contributed by atoms with Gasteiger partial charge in [0.25, 0.3) is 11.8 Å². The van der Waals surface area contributed by atoms with E-state index in [0.717, 1.165) is 25.7 Å². The standard InChI is InChI=1S/C20H21ClN2O2/c21-16-9-4-8-15(12-16)20(25)23-18-11-5-10-17(13-18)22-19(24)14-6-2-1-3-7-14/h1-4,6-9,12,17-18H,5,10-11,13H2,(H,22,24)(H,23,25)/t17-,18-/m1/s1. The average molecular weight is 357 g/mol. The van der Waals surface area contributed by atoms with E-state index in [4.69, 9.17) is 11.6 Å². The van der Waals surface area contributed by atoms with Crippen molar-refractivity contribution in [3.8, 4) is 0 Å². The van der Waals surface area contributed by atoms with Crippen molar-refractivity contribution in [3.63, 3.8) is 0 Å². The molecule has 1 aliphatic rings. The number of carbonyl (C=O) groups excluding carboxylic acids is 2. The van der Waals surface area contributed by atoms with E-state index in [0.29, 0.717) is 16.1 Å². The van der Waals surface area contributed by atoms with Gasteiger partial charge < -0.3 is 10.6 Å². The van der Waals surface area contributed by atoms with Crippen molar-refractivity contribution in [2.75, 3.05) is 0 Å². The van der Waals surface area contributed by atoms with Gasteiger partial charge in [-0.2, -0.15) is 0 Å². The Balaban J connectivity index is 1.56. The Bertz CT molecular complexity index is 748. The van der Waals surface area contributed by atoms with E-state index in [-0.39, 0.29) is 23.9 Å². The van der Waals surface area contributed by atoms with Gasteiger partial charge >= 0.3 is 0 Å². The van der Waals surface area contributed by atoms with Crippen molar-refractivity contribution < 1.29 is 9.59 Å². The number of hydrogen-bond donors (Lipinski definition) is 2. The Hall–Kier alpha value is -2.33. The zero-order valence-electron chi connectivity index (χ0n) is 13.9.